The van der Waals surface area contributed by atoms with Crippen LogP contribution in [0.15, 0.2) is 72.8 Å². The van der Waals surface area contributed by atoms with Crippen LogP contribution in [-0.2, 0) is 5.31 Å². The molecule has 0 aliphatic rings. The van der Waals surface area contributed by atoms with Gasteiger partial charge in [0.05, 0.1) is 7.85 Å². The van der Waals surface area contributed by atoms with Crippen LogP contribution in [0.1, 0.15) is 37.8 Å². The predicted molar refractivity (Wildman–Crippen MR) is 120 cm³/mol. The fraction of sp³-hybridized carbons (Fsp3) is 0.231. The maximum Gasteiger partial charge on any atom is 0.0806 e. The molecule has 0 aliphatic heterocycles. The van der Waals surface area contributed by atoms with Gasteiger partial charge < -0.3 is 0 Å². The summed E-state index contributed by atoms with van der Waals surface area (Å²) in [4.78, 5) is 0. The third-order valence-corrected chi connectivity index (χ3v) is 5.70. The summed E-state index contributed by atoms with van der Waals surface area (Å²) in [6.07, 6.45) is 2.06. The van der Waals surface area contributed by atoms with E-state index in [2.05, 4.69) is 93.6 Å². The summed E-state index contributed by atoms with van der Waals surface area (Å²) in [6, 6.07) is 26.4. The average molecular weight is 348 g/mol. The maximum atomic E-state index is 6.70. The summed E-state index contributed by atoms with van der Waals surface area (Å²) in [5, 5.41) is 4.87. The Morgan fingerprint density at radius 2 is 1.48 bits per heavy atom. The molecule has 4 rings (SSSR count). The van der Waals surface area contributed by atoms with E-state index in [-0.39, 0.29) is 5.31 Å². The van der Waals surface area contributed by atoms with Crippen LogP contribution >= 0.6 is 0 Å². The molecule has 27 heavy (non-hydrogen) atoms. The Labute approximate surface area is 163 Å². The standard InChI is InChI=1S/C26H25B/c1-4-15-26(3,27)25-17-20(14-13-18(25)2)24-16-19-9-5-6-10-21(19)22-11-7-8-12-23(22)24/h5-14,16-17H,4,15H2,1-3H3. The van der Waals surface area contributed by atoms with E-state index in [1.807, 2.05) is 0 Å². The molecule has 4 aromatic carbocycles. The molecule has 0 nitrogen and oxygen atoms in total. The van der Waals surface area contributed by atoms with Gasteiger partial charge in [-0.2, -0.15) is 0 Å². The molecule has 1 atom stereocenters. The van der Waals surface area contributed by atoms with E-state index in [9.17, 15) is 0 Å². The van der Waals surface area contributed by atoms with E-state index >= 15 is 0 Å². The Bertz CT molecular complexity index is 1120. The molecule has 2 radical (unpaired) electrons. The van der Waals surface area contributed by atoms with Crippen molar-refractivity contribution in [3.05, 3.63) is 83.9 Å². The lowest BCUT2D eigenvalue weighted by Gasteiger charge is -2.28. The number of fused-ring (bicyclic) bond motifs is 3. The molecule has 4 aromatic rings. The van der Waals surface area contributed by atoms with Gasteiger partial charge in [-0.1, -0.05) is 93.4 Å². The lowest BCUT2D eigenvalue weighted by molar-refractivity contribution is 0.592. The van der Waals surface area contributed by atoms with Crippen molar-refractivity contribution >= 4 is 29.4 Å². The Morgan fingerprint density at radius 1 is 0.815 bits per heavy atom. The molecule has 0 saturated heterocycles. The second kappa shape index (κ2) is 6.89. The van der Waals surface area contributed by atoms with Crippen LogP contribution in [0.3, 0.4) is 0 Å². The van der Waals surface area contributed by atoms with Crippen molar-refractivity contribution in [2.75, 3.05) is 0 Å². The van der Waals surface area contributed by atoms with E-state index < -0.39 is 0 Å². The van der Waals surface area contributed by atoms with Crippen molar-refractivity contribution in [3.8, 4) is 11.1 Å². The first-order chi connectivity index (χ1) is 13.0. The van der Waals surface area contributed by atoms with Gasteiger partial charge in [0.25, 0.3) is 0 Å². The van der Waals surface area contributed by atoms with Crippen molar-refractivity contribution in [3.63, 3.8) is 0 Å². The SMILES string of the molecule is [B]C(C)(CCC)c1cc(-c2cc3ccccc3c3ccccc23)ccc1C. The van der Waals surface area contributed by atoms with Crippen LogP contribution in [-0.4, -0.2) is 7.85 Å². The molecule has 1 heteroatoms. The van der Waals surface area contributed by atoms with E-state index in [0.717, 1.165) is 12.8 Å². The van der Waals surface area contributed by atoms with E-state index in [1.165, 1.54) is 43.8 Å². The molecule has 132 valence electrons. The normalized spacial score (nSPS) is 13.7. The smallest absolute Gasteiger partial charge is 0.0654 e. The van der Waals surface area contributed by atoms with Crippen LogP contribution in [0.2, 0.25) is 0 Å². The summed E-state index contributed by atoms with van der Waals surface area (Å²) >= 11 is 0. The highest BCUT2D eigenvalue weighted by Gasteiger charge is 2.22. The van der Waals surface area contributed by atoms with Crippen molar-refractivity contribution in [2.24, 2.45) is 0 Å². The quantitative estimate of drug-likeness (QED) is 0.271. The van der Waals surface area contributed by atoms with Crippen molar-refractivity contribution < 1.29 is 0 Å². The third-order valence-electron chi connectivity index (χ3n) is 5.70. The zero-order chi connectivity index (χ0) is 19.0. The van der Waals surface area contributed by atoms with Crippen LogP contribution in [0, 0.1) is 6.92 Å². The van der Waals surface area contributed by atoms with Crippen LogP contribution in [0.5, 0.6) is 0 Å². The first-order valence-corrected chi connectivity index (χ1v) is 9.82. The minimum atomic E-state index is -0.304. The molecule has 0 heterocycles. The largest absolute Gasteiger partial charge is 0.0806 e. The topological polar surface area (TPSA) is 0 Å². The lowest BCUT2D eigenvalue weighted by atomic mass is 9.62. The third kappa shape index (κ3) is 3.16. The zero-order valence-corrected chi connectivity index (χ0v) is 16.4. The molecule has 0 saturated carbocycles. The second-order valence-electron chi connectivity index (χ2n) is 7.89. The average Bonchev–Trinajstić information content (AvgIpc) is 2.67. The summed E-state index contributed by atoms with van der Waals surface area (Å²) in [5.74, 6) is 0. The number of rotatable bonds is 4. The minimum absolute atomic E-state index is 0.304. The monoisotopic (exact) mass is 348 g/mol. The summed E-state index contributed by atoms with van der Waals surface area (Å²) in [7, 11) is 6.70. The lowest BCUT2D eigenvalue weighted by Crippen LogP contribution is -2.23. The Morgan fingerprint density at radius 3 is 2.22 bits per heavy atom. The number of hydrogen-bond donors (Lipinski definition) is 0. The fourth-order valence-corrected chi connectivity index (χ4v) is 4.35. The van der Waals surface area contributed by atoms with Crippen LogP contribution in [0.4, 0.5) is 0 Å². The second-order valence-corrected chi connectivity index (χ2v) is 7.89. The molecular formula is C26H25B. The summed E-state index contributed by atoms with van der Waals surface area (Å²) < 4.78 is 0. The fourth-order valence-electron chi connectivity index (χ4n) is 4.35. The maximum absolute atomic E-state index is 6.70. The summed E-state index contributed by atoms with van der Waals surface area (Å²) in [6.45, 7) is 6.51. The predicted octanol–water partition coefficient (Wildman–Crippen LogP) is 7.15. The first kappa shape index (κ1) is 17.9. The molecule has 0 amide bonds. The highest BCUT2D eigenvalue weighted by Crippen LogP contribution is 2.37. The van der Waals surface area contributed by atoms with Gasteiger partial charge in [-0.25, -0.2) is 0 Å². The van der Waals surface area contributed by atoms with Crippen molar-refractivity contribution in [1.29, 1.82) is 0 Å². The van der Waals surface area contributed by atoms with Crippen molar-refractivity contribution in [2.45, 2.75) is 38.9 Å². The number of hydrogen-bond acceptors (Lipinski definition) is 0. The van der Waals surface area contributed by atoms with E-state index in [4.69, 9.17) is 7.85 Å². The molecular weight excluding hydrogens is 323 g/mol. The summed E-state index contributed by atoms with van der Waals surface area (Å²) in [5.41, 5.74) is 5.03. The molecule has 1 unspecified atom stereocenters. The van der Waals surface area contributed by atoms with Gasteiger partial charge in [0.15, 0.2) is 0 Å². The first-order valence-electron chi connectivity index (χ1n) is 9.82. The molecule has 0 aliphatic carbocycles. The van der Waals surface area contributed by atoms with Gasteiger partial charge >= 0.3 is 0 Å². The van der Waals surface area contributed by atoms with Gasteiger partial charge in [-0.05, 0) is 62.1 Å². The molecule has 0 fully saturated rings. The Hall–Kier alpha value is -2.54. The molecule has 0 N–H and O–H groups in total. The number of benzene rings is 4. The van der Waals surface area contributed by atoms with Crippen LogP contribution in [0.25, 0.3) is 32.7 Å². The highest BCUT2D eigenvalue weighted by molar-refractivity contribution is 6.16. The molecule has 0 aromatic heterocycles. The Kier molecular flexibility index (Phi) is 4.56. The van der Waals surface area contributed by atoms with Crippen molar-refractivity contribution in [1.82, 2.24) is 0 Å². The zero-order valence-electron chi connectivity index (χ0n) is 16.4. The van der Waals surface area contributed by atoms with E-state index in [1.54, 1.807) is 0 Å². The van der Waals surface area contributed by atoms with E-state index in [0.29, 0.717) is 0 Å². The minimum Gasteiger partial charge on any atom is -0.0654 e. The molecule has 0 spiro atoms. The Balaban J connectivity index is 2.00. The van der Waals surface area contributed by atoms with Gasteiger partial charge in [-0.15, -0.1) is 0 Å². The highest BCUT2D eigenvalue weighted by atomic mass is 14.2. The van der Waals surface area contributed by atoms with Crippen LogP contribution < -0.4 is 0 Å². The van der Waals surface area contributed by atoms with Gasteiger partial charge in [0.2, 0.25) is 0 Å². The number of aryl methyl sites for hydroxylation is 1. The van der Waals surface area contributed by atoms with Gasteiger partial charge in [-0.3, -0.25) is 0 Å². The van der Waals surface area contributed by atoms with Gasteiger partial charge in [0.1, 0.15) is 0 Å². The van der Waals surface area contributed by atoms with Gasteiger partial charge in [0, 0.05) is 0 Å². The molecule has 0 bridgehead atoms.